The number of benzene rings is 1. The van der Waals surface area contributed by atoms with Crippen molar-refractivity contribution in [1.29, 1.82) is 0 Å². The second-order valence-corrected chi connectivity index (χ2v) is 7.46. The fourth-order valence-electron chi connectivity index (χ4n) is 2.90. The number of ether oxygens (including phenoxy) is 1. The number of esters is 1. The van der Waals surface area contributed by atoms with Crippen molar-refractivity contribution in [3.8, 4) is 0 Å². The second kappa shape index (κ2) is 10.00. The third-order valence-corrected chi connectivity index (χ3v) is 4.59. The number of imide groups is 1. The number of fused-ring (bicyclic) bond motifs is 1. The third-order valence-electron chi connectivity index (χ3n) is 4.59. The Balaban J connectivity index is 1.98. The van der Waals surface area contributed by atoms with Crippen LogP contribution in [0.4, 0.5) is 0 Å². The molecule has 1 heterocycles. The number of amides is 4. The van der Waals surface area contributed by atoms with E-state index in [4.69, 9.17) is 4.74 Å². The number of nitrogens with zero attached hydrogens (tertiary/aromatic N) is 1. The first-order valence-electron chi connectivity index (χ1n) is 9.90. The van der Waals surface area contributed by atoms with Crippen LogP contribution in [0.15, 0.2) is 18.2 Å². The number of likely N-dealkylation sites (N-methyl/N-ethyl adjacent to an activating group) is 1. The fourth-order valence-corrected chi connectivity index (χ4v) is 2.90. The van der Waals surface area contributed by atoms with E-state index in [0.717, 1.165) is 0 Å². The Morgan fingerprint density at radius 1 is 1.07 bits per heavy atom. The zero-order valence-corrected chi connectivity index (χ0v) is 17.6. The molecule has 1 aliphatic heterocycles. The van der Waals surface area contributed by atoms with Crippen LogP contribution in [0, 0.1) is 5.92 Å². The molecule has 1 aliphatic rings. The number of carbonyl (C=O) groups is 5. The smallest absolute Gasteiger partial charge is 0.338 e. The van der Waals surface area contributed by atoms with Crippen molar-refractivity contribution < 1.29 is 28.7 Å². The van der Waals surface area contributed by atoms with E-state index in [9.17, 15) is 24.0 Å². The molecule has 0 saturated carbocycles. The molecule has 4 amide bonds. The second-order valence-electron chi connectivity index (χ2n) is 7.46. The molecule has 1 aromatic rings. The van der Waals surface area contributed by atoms with Gasteiger partial charge in [0.05, 0.1) is 16.7 Å². The summed E-state index contributed by atoms with van der Waals surface area (Å²) in [5.41, 5.74) is 0.450. The van der Waals surface area contributed by atoms with Crippen molar-refractivity contribution in [3.63, 3.8) is 0 Å². The molecular weight excluding hydrogens is 390 g/mol. The highest BCUT2D eigenvalue weighted by Gasteiger charge is 2.35. The summed E-state index contributed by atoms with van der Waals surface area (Å²) in [7, 11) is 0. The molecule has 30 heavy (non-hydrogen) atoms. The van der Waals surface area contributed by atoms with Crippen LogP contribution >= 0.6 is 0 Å². The molecule has 9 nitrogen and oxygen atoms in total. The van der Waals surface area contributed by atoms with Gasteiger partial charge in [0.25, 0.3) is 17.7 Å². The highest BCUT2D eigenvalue weighted by Crippen LogP contribution is 2.25. The SMILES string of the molecule is CCNC(=O)[C@H](C)NC(=O)COC(=O)c1ccc2c(c1)C(=O)N(CCC(C)C)C2=O. The van der Waals surface area contributed by atoms with Crippen molar-refractivity contribution >= 4 is 29.6 Å². The van der Waals surface area contributed by atoms with Crippen molar-refractivity contribution in [2.45, 2.75) is 40.2 Å². The third kappa shape index (κ3) is 5.43. The first kappa shape index (κ1) is 23.1. The minimum absolute atomic E-state index is 0.0604. The van der Waals surface area contributed by atoms with Gasteiger partial charge in [0.1, 0.15) is 6.04 Å². The summed E-state index contributed by atoms with van der Waals surface area (Å²) in [5.74, 6) is -2.27. The summed E-state index contributed by atoms with van der Waals surface area (Å²) in [6.07, 6.45) is 0.685. The lowest BCUT2D eigenvalue weighted by atomic mass is 10.1. The van der Waals surface area contributed by atoms with Gasteiger partial charge in [0.15, 0.2) is 6.61 Å². The van der Waals surface area contributed by atoms with E-state index in [1.807, 2.05) is 13.8 Å². The lowest BCUT2D eigenvalue weighted by molar-refractivity contribution is -0.130. The van der Waals surface area contributed by atoms with E-state index >= 15 is 0 Å². The molecule has 0 unspecified atom stereocenters. The molecular formula is C21H27N3O6. The zero-order chi connectivity index (χ0) is 22.4. The highest BCUT2D eigenvalue weighted by atomic mass is 16.5. The molecule has 9 heteroatoms. The van der Waals surface area contributed by atoms with E-state index in [1.165, 1.54) is 30.0 Å². The maximum Gasteiger partial charge on any atom is 0.338 e. The summed E-state index contributed by atoms with van der Waals surface area (Å²) in [5, 5.41) is 4.99. The standard InChI is InChI=1S/C21H27N3O6/c1-5-22-18(26)13(4)23-17(25)11-30-21(29)14-6-7-15-16(10-14)20(28)24(19(15)27)9-8-12(2)3/h6-7,10,12-13H,5,8-9,11H2,1-4H3,(H,22,26)(H,23,25)/t13-/m0/s1. The van der Waals surface area contributed by atoms with Crippen LogP contribution in [0.2, 0.25) is 0 Å². The van der Waals surface area contributed by atoms with Crippen LogP contribution in [0.25, 0.3) is 0 Å². The van der Waals surface area contributed by atoms with Crippen LogP contribution in [0.5, 0.6) is 0 Å². The molecule has 0 saturated heterocycles. The number of nitrogens with one attached hydrogen (secondary N) is 2. The Hall–Kier alpha value is -3.23. The quantitative estimate of drug-likeness (QED) is 0.459. The van der Waals surface area contributed by atoms with E-state index in [2.05, 4.69) is 10.6 Å². The van der Waals surface area contributed by atoms with Crippen molar-refractivity contribution in [2.24, 2.45) is 5.92 Å². The number of rotatable bonds is 9. The van der Waals surface area contributed by atoms with E-state index in [-0.39, 0.29) is 28.5 Å². The highest BCUT2D eigenvalue weighted by molar-refractivity contribution is 6.22. The van der Waals surface area contributed by atoms with E-state index in [1.54, 1.807) is 6.92 Å². The topological polar surface area (TPSA) is 122 Å². The summed E-state index contributed by atoms with van der Waals surface area (Å²) in [6.45, 7) is 7.44. The van der Waals surface area contributed by atoms with Gasteiger partial charge in [-0.15, -0.1) is 0 Å². The first-order chi connectivity index (χ1) is 14.1. The van der Waals surface area contributed by atoms with Gasteiger partial charge >= 0.3 is 5.97 Å². The fraction of sp³-hybridized carbons (Fsp3) is 0.476. The lowest BCUT2D eigenvalue weighted by Crippen LogP contribution is -2.46. The van der Waals surface area contributed by atoms with E-state index in [0.29, 0.717) is 25.4 Å². The average Bonchev–Trinajstić information content (AvgIpc) is 2.94. The van der Waals surface area contributed by atoms with Gasteiger partial charge in [-0.05, 0) is 44.4 Å². The van der Waals surface area contributed by atoms with Gasteiger partial charge in [-0.3, -0.25) is 24.1 Å². The van der Waals surface area contributed by atoms with Gasteiger partial charge in [-0.25, -0.2) is 4.79 Å². The lowest BCUT2D eigenvalue weighted by Gasteiger charge is -2.14. The molecule has 0 aliphatic carbocycles. The van der Waals surface area contributed by atoms with Crippen molar-refractivity contribution in [3.05, 3.63) is 34.9 Å². The van der Waals surface area contributed by atoms with Gasteiger partial charge in [-0.2, -0.15) is 0 Å². The Labute approximate surface area is 175 Å². The Kier molecular flexibility index (Phi) is 7.68. The Bertz CT molecular complexity index is 864. The van der Waals surface area contributed by atoms with Crippen LogP contribution in [0.3, 0.4) is 0 Å². The molecule has 162 valence electrons. The number of hydrogen-bond acceptors (Lipinski definition) is 6. The molecule has 1 atom stereocenters. The van der Waals surface area contributed by atoms with Gasteiger partial charge in [0, 0.05) is 13.1 Å². The summed E-state index contributed by atoms with van der Waals surface area (Å²) in [4.78, 5) is 61.9. The molecule has 0 radical (unpaired) electrons. The van der Waals surface area contributed by atoms with Crippen LogP contribution in [-0.2, 0) is 14.3 Å². The maximum atomic E-state index is 12.5. The van der Waals surface area contributed by atoms with Gasteiger partial charge < -0.3 is 15.4 Å². The Morgan fingerprint density at radius 3 is 2.37 bits per heavy atom. The van der Waals surface area contributed by atoms with Crippen LogP contribution in [0.1, 0.15) is 65.2 Å². The largest absolute Gasteiger partial charge is 0.452 e. The molecule has 0 aromatic heterocycles. The molecule has 2 rings (SSSR count). The van der Waals surface area contributed by atoms with Gasteiger partial charge in [0.2, 0.25) is 5.91 Å². The minimum atomic E-state index is -0.806. The summed E-state index contributed by atoms with van der Waals surface area (Å²) < 4.78 is 4.97. The summed E-state index contributed by atoms with van der Waals surface area (Å²) in [6, 6.07) is 3.34. The predicted octanol–water partition coefficient (Wildman–Crippen LogP) is 1.13. The average molecular weight is 417 g/mol. The van der Waals surface area contributed by atoms with Crippen molar-refractivity contribution in [1.82, 2.24) is 15.5 Å². The first-order valence-corrected chi connectivity index (χ1v) is 9.90. The molecule has 2 N–H and O–H groups in total. The number of carbonyl (C=O) groups excluding carboxylic acids is 5. The van der Waals surface area contributed by atoms with Crippen LogP contribution < -0.4 is 10.6 Å². The van der Waals surface area contributed by atoms with Crippen molar-refractivity contribution in [2.75, 3.05) is 19.7 Å². The molecule has 0 bridgehead atoms. The monoisotopic (exact) mass is 417 g/mol. The summed E-state index contributed by atoms with van der Waals surface area (Å²) >= 11 is 0. The van der Waals surface area contributed by atoms with Gasteiger partial charge in [-0.1, -0.05) is 13.8 Å². The number of hydrogen-bond donors (Lipinski definition) is 2. The molecule has 0 fully saturated rings. The maximum absolute atomic E-state index is 12.5. The minimum Gasteiger partial charge on any atom is -0.452 e. The van der Waals surface area contributed by atoms with Crippen LogP contribution in [-0.4, -0.2) is 60.2 Å². The Morgan fingerprint density at radius 2 is 1.73 bits per heavy atom. The zero-order valence-electron chi connectivity index (χ0n) is 17.6. The molecule has 0 spiro atoms. The molecule has 1 aromatic carbocycles. The normalized spacial score (nSPS) is 13.8. The predicted molar refractivity (Wildman–Crippen MR) is 108 cm³/mol. The van der Waals surface area contributed by atoms with E-state index < -0.39 is 30.4 Å².